The van der Waals surface area contributed by atoms with Gasteiger partial charge in [-0.15, -0.1) is 0 Å². The summed E-state index contributed by atoms with van der Waals surface area (Å²) in [5.41, 5.74) is 6.65. The summed E-state index contributed by atoms with van der Waals surface area (Å²) in [6, 6.07) is -0.919. The van der Waals surface area contributed by atoms with Crippen LogP contribution in [0.2, 0.25) is 0 Å². The first-order chi connectivity index (χ1) is 9.68. The molecule has 3 N–H and O–H groups in total. The predicted molar refractivity (Wildman–Crippen MR) is 74.3 cm³/mol. The molecule has 0 aromatic heterocycles. The van der Waals surface area contributed by atoms with E-state index in [-0.39, 0.29) is 33.6 Å². The number of benzene rings is 1. The minimum absolute atomic E-state index is 0.0278. The molecule has 0 fully saturated rings. The van der Waals surface area contributed by atoms with Crippen molar-refractivity contribution in [2.24, 2.45) is 10.8 Å². The van der Waals surface area contributed by atoms with Gasteiger partial charge in [-0.3, -0.25) is 20.2 Å². The molecule has 0 saturated heterocycles. The number of hydrogen-bond donors (Lipinski definition) is 2. The van der Waals surface area contributed by atoms with Crippen molar-refractivity contribution in [1.29, 1.82) is 0 Å². The van der Waals surface area contributed by atoms with E-state index in [0.29, 0.717) is 0 Å². The average Bonchev–Trinajstić information content (AvgIpc) is 2.31. The van der Waals surface area contributed by atoms with E-state index in [1.54, 1.807) is 0 Å². The van der Waals surface area contributed by atoms with Crippen molar-refractivity contribution >= 4 is 23.6 Å². The molecule has 1 aromatic carbocycles. The maximum absolute atomic E-state index is 11.1. The van der Waals surface area contributed by atoms with Crippen molar-refractivity contribution in [2.75, 3.05) is 0 Å². The van der Waals surface area contributed by atoms with E-state index in [4.69, 9.17) is 5.73 Å². The Morgan fingerprint density at radius 2 is 1.52 bits per heavy atom. The van der Waals surface area contributed by atoms with E-state index in [1.165, 1.54) is 20.8 Å². The number of nitrogens with zero attached hydrogens (tertiary/aromatic N) is 3. The second kappa shape index (κ2) is 5.94. The van der Waals surface area contributed by atoms with Gasteiger partial charge in [-0.1, -0.05) is 0 Å². The minimum Gasteiger partial charge on any atom is -0.350 e. The Labute approximate surface area is 118 Å². The van der Waals surface area contributed by atoms with Gasteiger partial charge in [0.05, 0.1) is 16.1 Å². The highest BCUT2D eigenvalue weighted by atomic mass is 16.6. The van der Waals surface area contributed by atoms with Crippen LogP contribution >= 0.6 is 0 Å². The van der Waals surface area contributed by atoms with Crippen LogP contribution in [-0.2, 0) is 0 Å². The first-order valence-corrected chi connectivity index (χ1v) is 5.69. The monoisotopic (exact) mass is 295 g/mol. The highest BCUT2D eigenvalue weighted by Crippen LogP contribution is 2.36. The molecule has 0 aliphatic rings. The Balaban J connectivity index is 3.63. The lowest BCUT2D eigenvalue weighted by atomic mass is 9.95. The maximum atomic E-state index is 11.1. The molecule has 0 unspecified atom stereocenters. The molecule has 0 radical (unpaired) electrons. The fourth-order valence-electron chi connectivity index (χ4n) is 2.11. The van der Waals surface area contributed by atoms with Gasteiger partial charge in [0.25, 0.3) is 11.4 Å². The second-order valence-electron chi connectivity index (χ2n) is 4.23. The highest BCUT2D eigenvalue weighted by Gasteiger charge is 2.30. The van der Waals surface area contributed by atoms with Crippen LogP contribution in [0.1, 0.15) is 22.3 Å². The standard InChI is InChI=1S/C11H13N5O5/c1-5-8(4-13-14-11(12)17)6(2)10(16(20)21)7(3)9(5)15(18)19/h4H,1-3H3,(H3,12,14,17)/b13-4-. The number of carbonyl (C=O) groups excluding carboxylic acids is 1. The molecule has 112 valence electrons. The predicted octanol–water partition coefficient (Wildman–Crippen LogP) is 1.43. The summed E-state index contributed by atoms with van der Waals surface area (Å²) in [6.45, 7) is 4.22. The van der Waals surface area contributed by atoms with Crippen molar-refractivity contribution in [3.05, 3.63) is 42.5 Å². The van der Waals surface area contributed by atoms with E-state index >= 15 is 0 Å². The number of rotatable bonds is 4. The quantitative estimate of drug-likeness (QED) is 0.488. The van der Waals surface area contributed by atoms with Gasteiger partial charge in [-0.2, -0.15) is 5.10 Å². The summed E-state index contributed by atoms with van der Waals surface area (Å²) in [4.78, 5) is 31.4. The average molecular weight is 295 g/mol. The third-order valence-electron chi connectivity index (χ3n) is 2.96. The number of hydrogen-bond acceptors (Lipinski definition) is 6. The number of nitrogens with one attached hydrogen (secondary N) is 1. The highest BCUT2D eigenvalue weighted by molar-refractivity contribution is 5.89. The zero-order valence-electron chi connectivity index (χ0n) is 11.5. The van der Waals surface area contributed by atoms with E-state index < -0.39 is 15.9 Å². The van der Waals surface area contributed by atoms with Crippen molar-refractivity contribution in [3.63, 3.8) is 0 Å². The maximum Gasteiger partial charge on any atom is 0.332 e. The number of carbonyl (C=O) groups is 1. The smallest absolute Gasteiger partial charge is 0.332 e. The van der Waals surface area contributed by atoms with Crippen LogP contribution in [0, 0.1) is 41.0 Å². The lowest BCUT2D eigenvalue weighted by Gasteiger charge is -2.10. The molecule has 0 heterocycles. The molecule has 0 aliphatic heterocycles. The summed E-state index contributed by atoms with van der Waals surface area (Å²) < 4.78 is 0. The lowest BCUT2D eigenvalue weighted by molar-refractivity contribution is -0.395. The molecular weight excluding hydrogens is 282 g/mol. The molecule has 10 nitrogen and oxygen atoms in total. The number of primary amides is 1. The molecule has 0 spiro atoms. The van der Waals surface area contributed by atoms with Crippen LogP contribution in [0.3, 0.4) is 0 Å². The van der Waals surface area contributed by atoms with Gasteiger partial charge in [-0.25, -0.2) is 10.2 Å². The molecule has 21 heavy (non-hydrogen) atoms. The number of amides is 2. The van der Waals surface area contributed by atoms with Crippen molar-refractivity contribution in [2.45, 2.75) is 20.8 Å². The van der Waals surface area contributed by atoms with Gasteiger partial charge >= 0.3 is 6.03 Å². The molecule has 0 bridgehead atoms. The van der Waals surface area contributed by atoms with Gasteiger partial charge in [0.1, 0.15) is 5.56 Å². The minimum atomic E-state index is -0.919. The van der Waals surface area contributed by atoms with Crippen LogP contribution in [0.15, 0.2) is 5.10 Å². The largest absolute Gasteiger partial charge is 0.350 e. The number of urea groups is 1. The van der Waals surface area contributed by atoms with Crippen LogP contribution in [0.4, 0.5) is 16.2 Å². The first-order valence-electron chi connectivity index (χ1n) is 5.69. The van der Waals surface area contributed by atoms with Crippen LogP contribution in [0.25, 0.3) is 0 Å². The number of hydrazone groups is 1. The van der Waals surface area contributed by atoms with E-state index in [2.05, 4.69) is 5.10 Å². The topological polar surface area (TPSA) is 154 Å². The normalized spacial score (nSPS) is 10.6. The Morgan fingerprint density at radius 3 is 1.86 bits per heavy atom. The van der Waals surface area contributed by atoms with Crippen LogP contribution in [-0.4, -0.2) is 22.1 Å². The zero-order valence-corrected chi connectivity index (χ0v) is 11.5. The summed E-state index contributed by atoms with van der Waals surface area (Å²) >= 11 is 0. The Morgan fingerprint density at radius 1 is 1.10 bits per heavy atom. The fourth-order valence-corrected chi connectivity index (χ4v) is 2.11. The summed E-state index contributed by atoms with van der Waals surface area (Å²) in [5, 5.41) is 25.7. The fraction of sp³-hybridized carbons (Fsp3) is 0.273. The van der Waals surface area contributed by atoms with Gasteiger partial charge in [-0.05, 0) is 20.8 Å². The van der Waals surface area contributed by atoms with Crippen molar-refractivity contribution < 1.29 is 14.6 Å². The van der Waals surface area contributed by atoms with E-state index in [0.717, 1.165) is 6.21 Å². The Hall–Kier alpha value is -3.04. The number of nitro benzene ring substituents is 2. The molecule has 10 heteroatoms. The third-order valence-corrected chi connectivity index (χ3v) is 2.96. The first kappa shape index (κ1) is 16.0. The third kappa shape index (κ3) is 3.11. The number of nitrogens with two attached hydrogens (primary N) is 1. The molecule has 1 aromatic rings. The van der Waals surface area contributed by atoms with E-state index in [1.807, 2.05) is 5.43 Å². The molecule has 0 saturated carbocycles. The Bertz CT molecular complexity index is 626. The number of nitro groups is 2. The molecular formula is C11H13N5O5. The lowest BCUT2D eigenvalue weighted by Crippen LogP contribution is -2.24. The Kier molecular flexibility index (Phi) is 4.53. The van der Waals surface area contributed by atoms with Gasteiger partial charge in [0, 0.05) is 16.7 Å². The van der Waals surface area contributed by atoms with Gasteiger partial charge in [0.15, 0.2) is 0 Å². The van der Waals surface area contributed by atoms with Gasteiger partial charge in [0.2, 0.25) is 0 Å². The summed E-state index contributed by atoms with van der Waals surface area (Å²) in [6.07, 6.45) is 1.09. The molecule has 0 aliphatic carbocycles. The molecule has 1 rings (SSSR count). The van der Waals surface area contributed by atoms with Crippen molar-refractivity contribution in [1.82, 2.24) is 5.43 Å². The van der Waals surface area contributed by atoms with Crippen molar-refractivity contribution in [3.8, 4) is 0 Å². The molecule has 2 amide bonds. The van der Waals surface area contributed by atoms with Crippen LogP contribution < -0.4 is 11.2 Å². The van der Waals surface area contributed by atoms with E-state index in [9.17, 15) is 25.0 Å². The van der Waals surface area contributed by atoms with Crippen LogP contribution in [0.5, 0.6) is 0 Å². The summed E-state index contributed by atoms with van der Waals surface area (Å²) in [5.74, 6) is 0. The van der Waals surface area contributed by atoms with Gasteiger partial charge < -0.3 is 5.73 Å². The SMILES string of the molecule is Cc1c(/C=N\NC(N)=O)c(C)c([N+](=O)[O-])c(C)c1[N+](=O)[O-]. The zero-order chi connectivity index (χ0) is 16.3. The summed E-state index contributed by atoms with van der Waals surface area (Å²) in [7, 11) is 0. The second-order valence-corrected chi connectivity index (χ2v) is 4.23. The molecule has 0 atom stereocenters.